The number of carbonyl (C=O) groups is 6. The first-order valence-corrected chi connectivity index (χ1v) is 10.7. The Hall–Kier alpha value is -3.22. The Bertz CT molecular complexity index is 769. The number of carbonyl (C=O) groups excluding carboxylic acids is 6. The third-order valence-electron chi connectivity index (χ3n) is 5.17. The van der Waals surface area contributed by atoms with Crippen molar-refractivity contribution in [2.75, 3.05) is 46.4 Å². The summed E-state index contributed by atoms with van der Waals surface area (Å²) in [7, 11) is 1.22. The van der Waals surface area contributed by atoms with Crippen molar-refractivity contribution in [2.24, 2.45) is 5.92 Å². The fourth-order valence-corrected chi connectivity index (χ4v) is 3.29. The van der Waals surface area contributed by atoms with Crippen molar-refractivity contribution in [1.82, 2.24) is 20.2 Å². The van der Waals surface area contributed by atoms with E-state index in [9.17, 15) is 28.8 Å². The quantitative estimate of drug-likeness (QED) is 0.330. The van der Waals surface area contributed by atoms with Crippen LogP contribution in [0.15, 0.2) is 0 Å². The summed E-state index contributed by atoms with van der Waals surface area (Å²) in [6, 6.07) is -0.503. The molecule has 0 aromatic carbocycles. The van der Waals surface area contributed by atoms with Gasteiger partial charge in [0.15, 0.2) is 0 Å². The van der Waals surface area contributed by atoms with Gasteiger partial charge in [0.25, 0.3) is 11.8 Å². The molecule has 0 aromatic rings. The summed E-state index contributed by atoms with van der Waals surface area (Å²) in [4.78, 5) is 79.4. The van der Waals surface area contributed by atoms with Gasteiger partial charge in [-0.1, -0.05) is 13.8 Å². The average molecular weight is 470 g/mol. The molecule has 0 bridgehead atoms. The molecule has 1 N–H and O–H groups in total. The lowest BCUT2D eigenvalue weighted by Gasteiger charge is -2.40. The molecule has 2 heterocycles. The first kappa shape index (κ1) is 26.0. The van der Waals surface area contributed by atoms with Gasteiger partial charge in [-0.05, 0) is 0 Å². The van der Waals surface area contributed by atoms with Gasteiger partial charge in [0.1, 0.15) is 6.61 Å². The fourth-order valence-electron chi connectivity index (χ4n) is 3.29. The summed E-state index contributed by atoms with van der Waals surface area (Å²) in [6.07, 6.45) is -0.606. The normalized spacial score (nSPS) is 19.0. The number of nitrogens with one attached hydrogen (secondary N) is 1. The minimum absolute atomic E-state index is 0.00842. The maximum atomic E-state index is 12.5. The van der Waals surface area contributed by atoms with E-state index < -0.39 is 35.9 Å². The van der Waals surface area contributed by atoms with Crippen LogP contribution in [-0.2, 0) is 38.3 Å². The number of ether oxygens (including phenoxy) is 2. The molecule has 2 aliphatic heterocycles. The van der Waals surface area contributed by atoms with Gasteiger partial charge in [-0.2, -0.15) is 0 Å². The number of hydrogen-bond acceptors (Lipinski definition) is 10. The summed E-state index contributed by atoms with van der Waals surface area (Å²) in [5, 5.41) is 2.91. The highest BCUT2D eigenvalue weighted by Gasteiger charge is 2.36. The van der Waals surface area contributed by atoms with Crippen molar-refractivity contribution < 1.29 is 43.1 Å². The molecule has 2 fully saturated rings. The SMILES string of the molecule is COC(=O)NCCC(=O)N1CCN(CC(=O)ON2C(=O)CCC2=O)C(COC(=O)C(C)C)C1. The van der Waals surface area contributed by atoms with E-state index in [0.29, 0.717) is 11.6 Å². The van der Waals surface area contributed by atoms with Crippen molar-refractivity contribution in [3.8, 4) is 0 Å². The molecule has 2 saturated heterocycles. The highest BCUT2D eigenvalue weighted by atomic mass is 16.7. The number of amides is 4. The van der Waals surface area contributed by atoms with Gasteiger partial charge < -0.3 is 24.5 Å². The number of piperazine rings is 1. The van der Waals surface area contributed by atoms with E-state index in [4.69, 9.17) is 9.57 Å². The second-order valence-electron chi connectivity index (χ2n) is 7.96. The Kier molecular flexibility index (Phi) is 9.57. The molecular weight excluding hydrogens is 440 g/mol. The van der Waals surface area contributed by atoms with Crippen LogP contribution in [0.5, 0.6) is 0 Å². The van der Waals surface area contributed by atoms with Crippen LogP contribution in [-0.4, -0.2) is 103 Å². The number of alkyl carbamates (subject to hydrolysis) is 1. The number of rotatable bonds is 9. The van der Waals surface area contributed by atoms with Gasteiger partial charge in [0.2, 0.25) is 5.91 Å². The Balaban J connectivity index is 1.96. The van der Waals surface area contributed by atoms with Crippen molar-refractivity contribution in [2.45, 2.75) is 39.2 Å². The van der Waals surface area contributed by atoms with Gasteiger partial charge in [0.05, 0.1) is 25.6 Å². The van der Waals surface area contributed by atoms with Crippen molar-refractivity contribution in [3.05, 3.63) is 0 Å². The van der Waals surface area contributed by atoms with Gasteiger partial charge in [-0.3, -0.25) is 24.1 Å². The number of imide groups is 1. The predicted octanol–water partition coefficient (Wildman–Crippen LogP) is -0.948. The molecule has 184 valence electrons. The van der Waals surface area contributed by atoms with Gasteiger partial charge in [0, 0.05) is 45.4 Å². The molecule has 1 unspecified atom stereocenters. The fraction of sp³-hybridized carbons (Fsp3) is 0.700. The zero-order valence-electron chi connectivity index (χ0n) is 19.0. The summed E-state index contributed by atoms with van der Waals surface area (Å²) in [5.74, 6) is -2.95. The molecule has 13 nitrogen and oxygen atoms in total. The average Bonchev–Trinajstić information content (AvgIpc) is 3.09. The van der Waals surface area contributed by atoms with E-state index in [1.165, 1.54) is 7.11 Å². The summed E-state index contributed by atoms with van der Waals surface area (Å²) in [6.45, 7) is 3.90. The summed E-state index contributed by atoms with van der Waals surface area (Å²) >= 11 is 0. The predicted molar refractivity (Wildman–Crippen MR) is 110 cm³/mol. The number of methoxy groups -OCH3 is 1. The molecule has 0 aliphatic carbocycles. The Labute approximate surface area is 191 Å². The molecular formula is C20H30N4O9. The minimum atomic E-state index is -0.805. The van der Waals surface area contributed by atoms with Crippen LogP contribution in [0.4, 0.5) is 4.79 Å². The number of hydrogen-bond donors (Lipinski definition) is 1. The summed E-state index contributed by atoms with van der Waals surface area (Å²) in [5.41, 5.74) is 0. The minimum Gasteiger partial charge on any atom is -0.464 e. The van der Waals surface area contributed by atoms with Crippen LogP contribution in [0, 0.1) is 5.92 Å². The first-order chi connectivity index (χ1) is 15.6. The molecule has 4 amide bonds. The summed E-state index contributed by atoms with van der Waals surface area (Å²) < 4.78 is 9.78. The molecule has 13 heteroatoms. The van der Waals surface area contributed by atoms with Crippen molar-refractivity contribution in [3.63, 3.8) is 0 Å². The Morgan fingerprint density at radius 2 is 1.76 bits per heavy atom. The topological polar surface area (TPSA) is 152 Å². The number of esters is 1. The van der Waals surface area contributed by atoms with Crippen LogP contribution >= 0.6 is 0 Å². The van der Waals surface area contributed by atoms with Crippen LogP contribution < -0.4 is 5.32 Å². The lowest BCUT2D eigenvalue weighted by atomic mass is 10.1. The molecule has 2 aliphatic rings. The lowest BCUT2D eigenvalue weighted by molar-refractivity contribution is -0.199. The molecule has 1 atom stereocenters. The van der Waals surface area contributed by atoms with E-state index in [-0.39, 0.29) is 63.9 Å². The van der Waals surface area contributed by atoms with E-state index >= 15 is 0 Å². The molecule has 2 rings (SSSR count). The third kappa shape index (κ3) is 7.70. The van der Waals surface area contributed by atoms with Crippen LogP contribution in [0.3, 0.4) is 0 Å². The van der Waals surface area contributed by atoms with Gasteiger partial charge in [-0.25, -0.2) is 9.59 Å². The van der Waals surface area contributed by atoms with E-state index in [2.05, 4.69) is 10.1 Å². The Morgan fingerprint density at radius 3 is 2.36 bits per heavy atom. The van der Waals surface area contributed by atoms with E-state index in [0.717, 1.165) is 0 Å². The third-order valence-corrected chi connectivity index (χ3v) is 5.17. The van der Waals surface area contributed by atoms with Crippen LogP contribution in [0.1, 0.15) is 33.1 Å². The van der Waals surface area contributed by atoms with Gasteiger partial charge in [-0.15, -0.1) is 5.06 Å². The van der Waals surface area contributed by atoms with E-state index in [1.807, 2.05) is 0 Å². The number of hydroxylamine groups is 2. The van der Waals surface area contributed by atoms with Crippen LogP contribution in [0.2, 0.25) is 0 Å². The highest BCUT2D eigenvalue weighted by molar-refractivity contribution is 6.01. The second kappa shape index (κ2) is 12.1. The standard InChI is InChI=1S/C20H30N4O9/c1-13(2)19(29)32-12-14-10-23(15(25)6-7-21-20(30)31-3)9-8-22(14)11-18(28)33-24-16(26)4-5-17(24)27/h13-14H,4-12H2,1-3H3,(H,21,30). The van der Waals surface area contributed by atoms with Crippen LogP contribution in [0.25, 0.3) is 0 Å². The largest absolute Gasteiger partial charge is 0.464 e. The maximum absolute atomic E-state index is 12.5. The van der Waals surface area contributed by atoms with Gasteiger partial charge >= 0.3 is 18.0 Å². The smallest absolute Gasteiger partial charge is 0.406 e. The zero-order chi connectivity index (χ0) is 24.5. The monoisotopic (exact) mass is 470 g/mol. The molecule has 33 heavy (non-hydrogen) atoms. The first-order valence-electron chi connectivity index (χ1n) is 10.7. The highest BCUT2D eigenvalue weighted by Crippen LogP contribution is 2.15. The maximum Gasteiger partial charge on any atom is 0.406 e. The molecule has 0 saturated carbocycles. The zero-order valence-corrected chi connectivity index (χ0v) is 19.0. The Morgan fingerprint density at radius 1 is 1.09 bits per heavy atom. The second-order valence-corrected chi connectivity index (χ2v) is 7.96. The molecule has 0 spiro atoms. The number of nitrogens with zero attached hydrogens (tertiary/aromatic N) is 3. The molecule has 0 radical (unpaired) electrons. The van der Waals surface area contributed by atoms with Crippen molar-refractivity contribution in [1.29, 1.82) is 0 Å². The molecule has 0 aromatic heterocycles. The lowest BCUT2D eigenvalue weighted by Crippen LogP contribution is -2.58. The van der Waals surface area contributed by atoms with E-state index in [1.54, 1.807) is 23.6 Å². The van der Waals surface area contributed by atoms with Crippen molar-refractivity contribution >= 4 is 35.8 Å².